The van der Waals surface area contributed by atoms with Crippen molar-refractivity contribution in [1.29, 1.82) is 0 Å². The van der Waals surface area contributed by atoms with Crippen molar-refractivity contribution in [1.82, 2.24) is 5.32 Å². The molecule has 1 atom stereocenters. The van der Waals surface area contributed by atoms with Crippen molar-refractivity contribution in [3.8, 4) is 0 Å². The van der Waals surface area contributed by atoms with Gasteiger partial charge in [0.25, 0.3) is 5.91 Å². The summed E-state index contributed by atoms with van der Waals surface area (Å²) in [5.41, 5.74) is 0.742. The quantitative estimate of drug-likeness (QED) is 0.879. The molecule has 17 heavy (non-hydrogen) atoms. The second kappa shape index (κ2) is 5.36. The largest absolute Gasteiger partial charge is 0.451 e. The summed E-state index contributed by atoms with van der Waals surface area (Å²) in [6.07, 6.45) is 0.895. The minimum Gasteiger partial charge on any atom is -0.451 e. The minimum atomic E-state index is -0.158. The summed E-state index contributed by atoms with van der Waals surface area (Å²) in [6.45, 7) is 2.69. The van der Waals surface area contributed by atoms with Crippen LogP contribution < -0.4 is 5.32 Å². The molecule has 0 saturated carbocycles. The molecular weight excluding hydrogens is 282 g/mol. The van der Waals surface area contributed by atoms with Gasteiger partial charge in [0.05, 0.1) is 0 Å². The van der Waals surface area contributed by atoms with Crippen LogP contribution in [0.4, 0.5) is 0 Å². The summed E-state index contributed by atoms with van der Waals surface area (Å²) in [7, 11) is 0. The van der Waals surface area contributed by atoms with Crippen LogP contribution in [0.1, 0.15) is 23.9 Å². The molecule has 0 aliphatic carbocycles. The Balaban J connectivity index is 2.04. The zero-order valence-corrected chi connectivity index (χ0v) is 11.2. The summed E-state index contributed by atoms with van der Waals surface area (Å²) in [6, 6.07) is 9.36. The number of rotatable bonds is 4. The second-order valence-corrected chi connectivity index (χ2v) is 5.54. The molecule has 0 aliphatic rings. The van der Waals surface area contributed by atoms with Gasteiger partial charge >= 0.3 is 0 Å². The number of alkyl halides is 1. The Morgan fingerprint density at radius 3 is 2.94 bits per heavy atom. The molecule has 1 aromatic carbocycles. The average Bonchev–Trinajstić information content (AvgIpc) is 2.71. The number of furan rings is 1. The Bertz CT molecular complexity index is 486. The highest BCUT2D eigenvalue weighted by molar-refractivity contribution is 9.09. The Morgan fingerprint density at radius 1 is 1.47 bits per heavy atom. The van der Waals surface area contributed by atoms with E-state index in [-0.39, 0.29) is 5.91 Å². The first-order valence-electron chi connectivity index (χ1n) is 5.57. The van der Waals surface area contributed by atoms with Gasteiger partial charge in [0.2, 0.25) is 0 Å². The number of nitrogens with one attached hydrogen (secondary N) is 1. The summed E-state index contributed by atoms with van der Waals surface area (Å²) in [5, 5.41) is 3.78. The lowest BCUT2D eigenvalue weighted by molar-refractivity contribution is 0.0928. The monoisotopic (exact) mass is 295 g/mol. The topological polar surface area (TPSA) is 42.2 Å². The van der Waals surface area contributed by atoms with Crippen molar-refractivity contribution in [2.24, 2.45) is 0 Å². The van der Waals surface area contributed by atoms with E-state index in [1.165, 1.54) is 0 Å². The van der Waals surface area contributed by atoms with E-state index in [0.717, 1.165) is 17.4 Å². The molecule has 1 unspecified atom stereocenters. The molecule has 1 N–H and O–H groups in total. The Labute approximate surface area is 108 Å². The van der Waals surface area contributed by atoms with Gasteiger partial charge in [0.15, 0.2) is 5.76 Å². The zero-order chi connectivity index (χ0) is 12.3. The van der Waals surface area contributed by atoms with Crippen molar-refractivity contribution in [3.05, 3.63) is 36.1 Å². The number of carbonyl (C=O) groups excluding carboxylic acids is 1. The van der Waals surface area contributed by atoms with Gasteiger partial charge in [0.1, 0.15) is 5.58 Å². The molecular formula is C13H14BrNO2. The van der Waals surface area contributed by atoms with Gasteiger partial charge in [0, 0.05) is 16.8 Å². The van der Waals surface area contributed by atoms with Gasteiger partial charge in [-0.15, -0.1) is 0 Å². The number of hydrogen-bond donors (Lipinski definition) is 1. The molecule has 2 aromatic rings. The van der Waals surface area contributed by atoms with Gasteiger partial charge < -0.3 is 9.73 Å². The smallest absolute Gasteiger partial charge is 0.287 e. The Kier molecular flexibility index (Phi) is 3.84. The van der Waals surface area contributed by atoms with Crippen LogP contribution >= 0.6 is 15.9 Å². The first kappa shape index (κ1) is 12.2. The van der Waals surface area contributed by atoms with Crippen molar-refractivity contribution in [3.63, 3.8) is 0 Å². The van der Waals surface area contributed by atoms with E-state index < -0.39 is 0 Å². The van der Waals surface area contributed by atoms with Crippen LogP contribution in [0.5, 0.6) is 0 Å². The fraction of sp³-hybridized carbons (Fsp3) is 0.308. The molecule has 1 heterocycles. The standard InChI is InChI=1S/C13H14BrNO2/c1-9(14)6-7-15-13(16)12-8-10-4-2-3-5-11(10)17-12/h2-5,8-9H,6-7H2,1H3,(H,15,16). The highest BCUT2D eigenvalue weighted by atomic mass is 79.9. The van der Waals surface area contributed by atoms with Gasteiger partial charge in [-0.2, -0.15) is 0 Å². The van der Waals surface area contributed by atoms with Crippen LogP contribution in [0.25, 0.3) is 11.0 Å². The van der Waals surface area contributed by atoms with Gasteiger partial charge in [-0.1, -0.05) is 41.1 Å². The highest BCUT2D eigenvalue weighted by Gasteiger charge is 2.11. The van der Waals surface area contributed by atoms with E-state index >= 15 is 0 Å². The van der Waals surface area contributed by atoms with Crippen molar-refractivity contribution < 1.29 is 9.21 Å². The molecule has 1 aromatic heterocycles. The first-order chi connectivity index (χ1) is 8.16. The molecule has 0 aliphatic heterocycles. The van der Waals surface area contributed by atoms with E-state index in [9.17, 15) is 4.79 Å². The lowest BCUT2D eigenvalue weighted by atomic mass is 10.2. The number of benzene rings is 1. The van der Waals surface area contributed by atoms with E-state index in [1.807, 2.05) is 31.2 Å². The maximum absolute atomic E-state index is 11.8. The molecule has 0 saturated heterocycles. The molecule has 4 heteroatoms. The average molecular weight is 296 g/mol. The molecule has 2 rings (SSSR count). The molecule has 1 amide bonds. The number of para-hydroxylation sites is 1. The number of carbonyl (C=O) groups is 1. The SMILES string of the molecule is CC(Br)CCNC(=O)c1cc2ccccc2o1. The van der Waals surface area contributed by atoms with E-state index in [4.69, 9.17) is 4.42 Å². The Morgan fingerprint density at radius 2 is 2.24 bits per heavy atom. The maximum Gasteiger partial charge on any atom is 0.287 e. The van der Waals surface area contributed by atoms with Gasteiger partial charge in [-0.25, -0.2) is 0 Å². The Hall–Kier alpha value is -1.29. The number of hydrogen-bond acceptors (Lipinski definition) is 2. The first-order valence-corrected chi connectivity index (χ1v) is 6.49. The number of halogens is 1. The molecule has 0 spiro atoms. The van der Waals surface area contributed by atoms with Crippen LogP contribution in [0.15, 0.2) is 34.7 Å². The van der Waals surface area contributed by atoms with Crippen LogP contribution in [0.3, 0.4) is 0 Å². The highest BCUT2D eigenvalue weighted by Crippen LogP contribution is 2.18. The van der Waals surface area contributed by atoms with Gasteiger partial charge in [-0.3, -0.25) is 4.79 Å². The molecule has 90 valence electrons. The summed E-state index contributed by atoms with van der Waals surface area (Å²) in [4.78, 5) is 12.2. The van der Waals surface area contributed by atoms with Crippen LogP contribution in [0, 0.1) is 0 Å². The van der Waals surface area contributed by atoms with Crippen LogP contribution in [0.2, 0.25) is 0 Å². The fourth-order valence-electron chi connectivity index (χ4n) is 1.57. The van der Waals surface area contributed by atoms with Gasteiger partial charge in [-0.05, 0) is 18.6 Å². The number of fused-ring (bicyclic) bond motifs is 1. The van der Waals surface area contributed by atoms with E-state index in [2.05, 4.69) is 21.2 Å². The minimum absolute atomic E-state index is 0.158. The van der Waals surface area contributed by atoms with Crippen molar-refractivity contribution >= 4 is 32.8 Å². The van der Waals surface area contributed by atoms with Crippen LogP contribution in [-0.4, -0.2) is 17.3 Å². The van der Waals surface area contributed by atoms with E-state index in [1.54, 1.807) is 6.07 Å². The zero-order valence-electron chi connectivity index (χ0n) is 9.57. The summed E-state index contributed by atoms with van der Waals surface area (Å²) < 4.78 is 5.46. The third-order valence-electron chi connectivity index (χ3n) is 2.48. The number of amides is 1. The normalized spacial score (nSPS) is 12.6. The molecule has 0 bridgehead atoms. The third kappa shape index (κ3) is 3.09. The lowest BCUT2D eigenvalue weighted by Gasteiger charge is -2.03. The lowest BCUT2D eigenvalue weighted by Crippen LogP contribution is -2.25. The second-order valence-electron chi connectivity index (χ2n) is 3.97. The molecule has 0 fully saturated rings. The van der Waals surface area contributed by atoms with E-state index in [0.29, 0.717) is 17.1 Å². The van der Waals surface area contributed by atoms with Crippen molar-refractivity contribution in [2.75, 3.05) is 6.54 Å². The van der Waals surface area contributed by atoms with Crippen LogP contribution in [-0.2, 0) is 0 Å². The van der Waals surface area contributed by atoms with Crippen molar-refractivity contribution in [2.45, 2.75) is 18.2 Å². The summed E-state index contributed by atoms with van der Waals surface area (Å²) >= 11 is 3.43. The fourth-order valence-corrected chi connectivity index (χ4v) is 1.79. The molecule has 3 nitrogen and oxygen atoms in total. The summed E-state index contributed by atoms with van der Waals surface area (Å²) in [5.74, 6) is 0.211. The predicted octanol–water partition coefficient (Wildman–Crippen LogP) is 3.34. The molecule has 0 radical (unpaired) electrons. The maximum atomic E-state index is 11.8. The predicted molar refractivity (Wildman–Crippen MR) is 71.6 cm³/mol. The third-order valence-corrected chi connectivity index (χ3v) is 2.93.